The minimum absolute atomic E-state index is 0.0574. The van der Waals surface area contributed by atoms with E-state index in [0.717, 1.165) is 35.5 Å². The Morgan fingerprint density at radius 2 is 1.90 bits per heavy atom. The maximum Gasteiger partial charge on any atom is 0.433 e. The number of hydrogen-bond acceptors (Lipinski definition) is 6. The van der Waals surface area contributed by atoms with E-state index in [1.807, 2.05) is 0 Å². The van der Waals surface area contributed by atoms with Crippen molar-refractivity contribution in [1.29, 1.82) is 0 Å². The Kier molecular flexibility index (Phi) is 7.20. The van der Waals surface area contributed by atoms with Gasteiger partial charge in [0, 0.05) is 10.4 Å². The fraction of sp³-hybridized carbons (Fsp3) is 0.379. The molecule has 1 aliphatic rings. The first-order valence-corrected chi connectivity index (χ1v) is 13.8. The summed E-state index contributed by atoms with van der Waals surface area (Å²) in [7, 11) is 0. The summed E-state index contributed by atoms with van der Waals surface area (Å²) < 4.78 is 47.9. The van der Waals surface area contributed by atoms with Gasteiger partial charge in [-0.25, -0.2) is 14.3 Å². The number of anilines is 1. The molecule has 210 valence electrons. The van der Waals surface area contributed by atoms with Gasteiger partial charge in [-0.05, 0) is 49.1 Å². The molecule has 40 heavy (non-hydrogen) atoms. The first-order chi connectivity index (χ1) is 18.9. The highest BCUT2D eigenvalue weighted by Gasteiger charge is 2.37. The van der Waals surface area contributed by atoms with Crippen LogP contribution in [0.2, 0.25) is 0 Å². The zero-order valence-electron chi connectivity index (χ0n) is 22.6. The number of ether oxygens (including phenoxy) is 1. The summed E-state index contributed by atoms with van der Waals surface area (Å²) in [5.41, 5.74) is 0.340. The molecule has 7 nitrogen and oxygen atoms in total. The van der Waals surface area contributed by atoms with Crippen LogP contribution in [-0.4, -0.2) is 33.1 Å². The molecule has 0 spiro atoms. The topological polar surface area (TPSA) is 85.6 Å². The number of fused-ring (bicyclic) bond motifs is 2. The zero-order chi connectivity index (χ0) is 28.8. The number of thiophene rings is 1. The fourth-order valence-electron chi connectivity index (χ4n) is 5.08. The van der Waals surface area contributed by atoms with Gasteiger partial charge >= 0.3 is 12.1 Å². The summed E-state index contributed by atoms with van der Waals surface area (Å²) in [6.07, 6.45) is -1.34. The number of aromatic nitrogens is 3. The second kappa shape index (κ2) is 10.3. The van der Waals surface area contributed by atoms with Crippen LogP contribution in [0.1, 0.15) is 71.0 Å². The van der Waals surface area contributed by atoms with E-state index in [4.69, 9.17) is 4.74 Å². The molecule has 4 aromatic rings. The third kappa shape index (κ3) is 5.22. The highest BCUT2D eigenvalue weighted by molar-refractivity contribution is 7.17. The molecule has 0 saturated carbocycles. The average molecular weight is 571 g/mol. The third-order valence-corrected chi connectivity index (χ3v) is 8.44. The van der Waals surface area contributed by atoms with Gasteiger partial charge in [-0.2, -0.15) is 18.3 Å². The third-order valence-electron chi connectivity index (χ3n) is 7.27. The van der Waals surface area contributed by atoms with Gasteiger partial charge in [-0.15, -0.1) is 11.3 Å². The summed E-state index contributed by atoms with van der Waals surface area (Å²) >= 11 is 1.31. The van der Waals surface area contributed by atoms with Gasteiger partial charge < -0.3 is 10.1 Å². The van der Waals surface area contributed by atoms with Crippen molar-refractivity contribution in [3.8, 4) is 11.3 Å². The Balaban J connectivity index is 1.57. The van der Waals surface area contributed by atoms with Crippen LogP contribution in [0.25, 0.3) is 16.9 Å². The van der Waals surface area contributed by atoms with Crippen molar-refractivity contribution in [3.05, 3.63) is 69.9 Å². The van der Waals surface area contributed by atoms with Crippen molar-refractivity contribution in [2.24, 2.45) is 11.3 Å². The van der Waals surface area contributed by atoms with Crippen LogP contribution in [0.4, 0.5) is 18.2 Å². The van der Waals surface area contributed by atoms with Crippen molar-refractivity contribution in [1.82, 2.24) is 14.6 Å². The summed E-state index contributed by atoms with van der Waals surface area (Å²) in [5, 5.41) is 6.95. The molecule has 1 N–H and O–H groups in total. The second-order valence-corrected chi connectivity index (χ2v) is 12.0. The van der Waals surface area contributed by atoms with E-state index in [9.17, 15) is 22.8 Å². The van der Waals surface area contributed by atoms with Crippen LogP contribution in [0.3, 0.4) is 0 Å². The van der Waals surface area contributed by atoms with E-state index < -0.39 is 23.7 Å². The predicted molar refractivity (Wildman–Crippen MR) is 147 cm³/mol. The smallest absolute Gasteiger partial charge is 0.433 e. The first kappa shape index (κ1) is 27.8. The quantitative estimate of drug-likeness (QED) is 0.260. The number of amides is 1. The molecule has 3 aromatic heterocycles. The maximum absolute atomic E-state index is 14.0. The molecular weight excluding hydrogens is 541 g/mol. The molecule has 1 amide bonds. The maximum atomic E-state index is 14.0. The molecule has 0 radical (unpaired) electrons. The lowest BCUT2D eigenvalue weighted by atomic mass is 9.72. The van der Waals surface area contributed by atoms with E-state index in [1.54, 1.807) is 37.3 Å². The van der Waals surface area contributed by atoms with Crippen LogP contribution in [0.5, 0.6) is 0 Å². The minimum Gasteiger partial charge on any atom is -0.462 e. The van der Waals surface area contributed by atoms with Crippen molar-refractivity contribution >= 4 is 33.9 Å². The Labute approximate surface area is 233 Å². The molecule has 11 heteroatoms. The monoisotopic (exact) mass is 570 g/mol. The van der Waals surface area contributed by atoms with Crippen LogP contribution >= 0.6 is 11.3 Å². The lowest BCUT2D eigenvalue weighted by molar-refractivity contribution is -0.142. The summed E-state index contributed by atoms with van der Waals surface area (Å²) in [6, 6.07) is 9.32. The molecule has 0 fully saturated rings. The Hall–Kier alpha value is -3.73. The molecule has 1 aromatic carbocycles. The normalized spacial score (nSPS) is 15.6. The predicted octanol–water partition coefficient (Wildman–Crippen LogP) is 7.06. The lowest BCUT2D eigenvalue weighted by Gasteiger charge is -2.33. The zero-order valence-corrected chi connectivity index (χ0v) is 23.4. The van der Waals surface area contributed by atoms with Crippen molar-refractivity contribution in [3.63, 3.8) is 0 Å². The number of carbonyl (C=O) groups excluding carboxylic acids is 2. The van der Waals surface area contributed by atoms with Gasteiger partial charge in [0.1, 0.15) is 10.6 Å². The number of esters is 1. The van der Waals surface area contributed by atoms with Gasteiger partial charge in [0.05, 0.1) is 24.1 Å². The largest absolute Gasteiger partial charge is 0.462 e. The van der Waals surface area contributed by atoms with Crippen LogP contribution < -0.4 is 5.32 Å². The molecule has 0 bridgehead atoms. The molecule has 1 unspecified atom stereocenters. The lowest BCUT2D eigenvalue weighted by Crippen LogP contribution is -2.26. The molecule has 1 aliphatic carbocycles. The van der Waals surface area contributed by atoms with E-state index in [2.05, 4.69) is 36.2 Å². The van der Waals surface area contributed by atoms with Crippen molar-refractivity contribution in [2.75, 3.05) is 11.9 Å². The number of benzene rings is 1. The summed E-state index contributed by atoms with van der Waals surface area (Å²) in [5.74, 6) is -0.844. The van der Waals surface area contributed by atoms with Crippen molar-refractivity contribution < 1.29 is 27.5 Å². The van der Waals surface area contributed by atoms with Crippen LogP contribution in [0, 0.1) is 11.3 Å². The number of hydrogen-bond donors (Lipinski definition) is 1. The molecule has 0 saturated heterocycles. The molecular formula is C29H29F3N4O3S. The van der Waals surface area contributed by atoms with E-state index >= 15 is 0 Å². The number of carbonyl (C=O) groups is 2. The SMILES string of the molecule is CCOC(=O)c1c(NC(=O)c2cnn3c(C(F)(F)F)cc(-c4ccccc4)nc23)sc2c1CCC(C(C)(C)C)C2. The van der Waals surface area contributed by atoms with Gasteiger partial charge in [-0.1, -0.05) is 51.1 Å². The van der Waals surface area contributed by atoms with Crippen LogP contribution in [-0.2, 0) is 23.8 Å². The molecule has 3 heterocycles. The summed E-state index contributed by atoms with van der Waals surface area (Å²) in [4.78, 5) is 31.9. The minimum atomic E-state index is -4.74. The number of nitrogens with zero attached hydrogens (tertiary/aromatic N) is 3. The van der Waals surface area contributed by atoms with E-state index in [1.165, 1.54) is 11.3 Å². The Morgan fingerprint density at radius 1 is 1.18 bits per heavy atom. The summed E-state index contributed by atoms with van der Waals surface area (Å²) in [6.45, 7) is 8.42. The van der Waals surface area contributed by atoms with Gasteiger partial charge in [0.25, 0.3) is 5.91 Å². The highest BCUT2D eigenvalue weighted by atomic mass is 32.1. The van der Waals surface area contributed by atoms with Gasteiger partial charge in [0.15, 0.2) is 11.3 Å². The van der Waals surface area contributed by atoms with Gasteiger partial charge in [-0.3, -0.25) is 4.79 Å². The number of rotatable bonds is 5. The average Bonchev–Trinajstić information content (AvgIpc) is 3.48. The number of halogens is 3. The van der Waals surface area contributed by atoms with Gasteiger partial charge in [0.2, 0.25) is 0 Å². The van der Waals surface area contributed by atoms with Crippen LogP contribution in [0.15, 0.2) is 42.6 Å². The highest BCUT2D eigenvalue weighted by Crippen LogP contribution is 2.44. The molecule has 5 rings (SSSR count). The Bertz CT molecular complexity index is 1590. The standard InChI is InChI=1S/C29H29F3N4O3S/c1-5-39-27(38)23-18-12-11-17(28(2,3)4)13-21(18)40-26(23)35-25(37)19-15-33-36-22(29(30,31)32)14-20(34-24(19)36)16-9-7-6-8-10-16/h6-10,14-15,17H,5,11-13H2,1-4H3,(H,35,37). The molecule has 1 atom stereocenters. The number of alkyl halides is 3. The van der Waals surface area contributed by atoms with Crippen molar-refractivity contribution in [2.45, 2.75) is 53.1 Å². The fourth-order valence-corrected chi connectivity index (χ4v) is 6.40. The second-order valence-electron chi connectivity index (χ2n) is 10.9. The first-order valence-electron chi connectivity index (χ1n) is 13.0. The molecule has 0 aliphatic heterocycles. The van der Waals surface area contributed by atoms with E-state index in [-0.39, 0.29) is 28.9 Å². The number of nitrogens with one attached hydrogen (secondary N) is 1. The Morgan fingerprint density at radius 3 is 2.55 bits per heavy atom. The van der Waals surface area contributed by atoms with E-state index in [0.29, 0.717) is 33.0 Å².